The predicted octanol–water partition coefficient (Wildman–Crippen LogP) is 4.62. The number of amides is 1. The number of allylic oxidation sites excluding steroid dienone is 1. The molecule has 0 radical (unpaired) electrons. The van der Waals surface area contributed by atoms with Crippen LogP contribution in [0, 0.1) is 0 Å². The number of hydrogen-bond donors (Lipinski definition) is 1. The standard InChI is InChI=1S/C17H13Cl2NO/c18-15-7-5-11(9-16(15)19)12-6-8-17(20-10-21)14-4-2-1-3-13(12)14/h1-5,7-10,12H,6H2,(H,20,21). The SMILES string of the molecule is O=CNC1=CCC(c2ccc(Cl)c(Cl)c2)c2ccccc21. The van der Waals surface area contributed by atoms with Crippen molar-refractivity contribution >= 4 is 35.3 Å². The first-order valence-corrected chi connectivity index (χ1v) is 7.41. The Bertz CT molecular complexity index is 724. The van der Waals surface area contributed by atoms with E-state index in [1.807, 2.05) is 42.5 Å². The minimum absolute atomic E-state index is 0.216. The molecule has 2 nitrogen and oxygen atoms in total. The van der Waals surface area contributed by atoms with Crippen LogP contribution in [-0.2, 0) is 4.79 Å². The molecule has 0 heterocycles. The van der Waals surface area contributed by atoms with Crippen molar-refractivity contribution in [1.29, 1.82) is 0 Å². The van der Waals surface area contributed by atoms with Gasteiger partial charge < -0.3 is 5.32 Å². The molecular formula is C17H13Cl2NO. The Morgan fingerprint density at radius 3 is 2.67 bits per heavy atom. The number of carbonyl (C=O) groups excluding carboxylic acids is 1. The molecule has 0 aliphatic heterocycles. The van der Waals surface area contributed by atoms with Crippen LogP contribution in [0.15, 0.2) is 48.5 Å². The zero-order valence-corrected chi connectivity index (χ0v) is 12.7. The summed E-state index contributed by atoms with van der Waals surface area (Å²) in [6, 6.07) is 13.8. The lowest BCUT2D eigenvalue weighted by molar-refractivity contribution is -0.108. The summed E-state index contributed by atoms with van der Waals surface area (Å²) in [5, 5.41) is 3.89. The second-order valence-corrected chi connectivity index (χ2v) is 5.74. The van der Waals surface area contributed by atoms with Crippen molar-refractivity contribution in [2.75, 3.05) is 0 Å². The summed E-state index contributed by atoms with van der Waals surface area (Å²) >= 11 is 12.1. The summed E-state index contributed by atoms with van der Waals surface area (Å²) in [4.78, 5) is 10.7. The Hall–Kier alpha value is -1.77. The highest BCUT2D eigenvalue weighted by molar-refractivity contribution is 6.42. The van der Waals surface area contributed by atoms with Crippen LogP contribution < -0.4 is 5.32 Å². The second-order valence-electron chi connectivity index (χ2n) is 4.93. The molecule has 1 unspecified atom stereocenters. The molecule has 2 aromatic carbocycles. The lowest BCUT2D eigenvalue weighted by Crippen LogP contribution is -2.16. The topological polar surface area (TPSA) is 29.1 Å². The Labute approximate surface area is 133 Å². The fourth-order valence-electron chi connectivity index (χ4n) is 2.76. The van der Waals surface area contributed by atoms with Gasteiger partial charge in [-0.1, -0.05) is 59.6 Å². The predicted molar refractivity (Wildman–Crippen MR) is 86.5 cm³/mol. The molecule has 1 aliphatic rings. The van der Waals surface area contributed by atoms with Gasteiger partial charge in [0.1, 0.15) is 0 Å². The van der Waals surface area contributed by atoms with E-state index >= 15 is 0 Å². The van der Waals surface area contributed by atoms with E-state index in [0.717, 1.165) is 23.2 Å². The smallest absolute Gasteiger partial charge is 0.211 e. The van der Waals surface area contributed by atoms with Gasteiger partial charge in [-0.15, -0.1) is 0 Å². The maximum atomic E-state index is 10.7. The summed E-state index contributed by atoms with van der Waals surface area (Å²) in [5.74, 6) is 0.216. The summed E-state index contributed by atoms with van der Waals surface area (Å²) in [5.41, 5.74) is 4.21. The monoisotopic (exact) mass is 317 g/mol. The van der Waals surface area contributed by atoms with Gasteiger partial charge in [-0.2, -0.15) is 0 Å². The molecule has 0 fully saturated rings. The fraction of sp³-hybridized carbons (Fsp3) is 0.118. The number of carbonyl (C=O) groups is 1. The Morgan fingerprint density at radius 1 is 1.10 bits per heavy atom. The van der Waals surface area contributed by atoms with Crippen molar-refractivity contribution in [3.63, 3.8) is 0 Å². The van der Waals surface area contributed by atoms with Crippen LogP contribution in [0.4, 0.5) is 0 Å². The lowest BCUT2D eigenvalue weighted by Gasteiger charge is -2.26. The van der Waals surface area contributed by atoms with Gasteiger partial charge in [-0.25, -0.2) is 0 Å². The Morgan fingerprint density at radius 2 is 1.90 bits per heavy atom. The molecule has 0 saturated carbocycles. The zero-order chi connectivity index (χ0) is 14.8. The maximum absolute atomic E-state index is 10.7. The maximum Gasteiger partial charge on any atom is 0.211 e. The lowest BCUT2D eigenvalue weighted by atomic mass is 9.81. The number of benzene rings is 2. The van der Waals surface area contributed by atoms with Gasteiger partial charge in [-0.3, -0.25) is 4.79 Å². The molecule has 1 N–H and O–H groups in total. The van der Waals surface area contributed by atoms with Crippen molar-refractivity contribution in [2.24, 2.45) is 0 Å². The molecule has 0 saturated heterocycles. The summed E-state index contributed by atoms with van der Waals surface area (Å²) < 4.78 is 0. The number of nitrogens with one attached hydrogen (secondary N) is 1. The summed E-state index contributed by atoms with van der Waals surface area (Å²) in [6.07, 6.45) is 3.57. The molecule has 0 spiro atoms. The summed E-state index contributed by atoms with van der Waals surface area (Å²) in [7, 11) is 0. The third kappa shape index (κ3) is 2.69. The third-order valence-electron chi connectivity index (χ3n) is 3.74. The molecule has 3 rings (SSSR count). The fourth-order valence-corrected chi connectivity index (χ4v) is 3.07. The van der Waals surface area contributed by atoms with Crippen LogP contribution in [0.1, 0.15) is 29.0 Å². The van der Waals surface area contributed by atoms with E-state index < -0.39 is 0 Å². The van der Waals surface area contributed by atoms with E-state index in [1.54, 1.807) is 0 Å². The molecular weight excluding hydrogens is 305 g/mol. The van der Waals surface area contributed by atoms with Crippen LogP contribution >= 0.6 is 23.2 Å². The van der Waals surface area contributed by atoms with Gasteiger partial charge in [0.2, 0.25) is 6.41 Å². The first kappa shape index (κ1) is 14.2. The van der Waals surface area contributed by atoms with Gasteiger partial charge in [0.25, 0.3) is 0 Å². The average molecular weight is 318 g/mol. The highest BCUT2D eigenvalue weighted by Crippen LogP contribution is 2.39. The molecule has 106 valence electrons. The molecule has 21 heavy (non-hydrogen) atoms. The first-order valence-electron chi connectivity index (χ1n) is 6.65. The minimum atomic E-state index is 0.216. The molecule has 1 amide bonds. The second kappa shape index (κ2) is 5.92. The normalized spacial score (nSPS) is 16.9. The molecule has 1 atom stereocenters. The largest absolute Gasteiger partial charge is 0.328 e. The van der Waals surface area contributed by atoms with Gasteiger partial charge in [0.05, 0.1) is 10.0 Å². The quantitative estimate of drug-likeness (QED) is 0.822. The Balaban J connectivity index is 2.06. The van der Waals surface area contributed by atoms with Crippen LogP contribution in [-0.4, -0.2) is 6.41 Å². The zero-order valence-electron chi connectivity index (χ0n) is 11.1. The van der Waals surface area contributed by atoms with Crippen LogP contribution in [0.2, 0.25) is 10.0 Å². The summed E-state index contributed by atoms with van der Waals surface area (Å²) in [6.45, 7) is 0. The van der Waals surface area contributed by atoms with E-state index in [1.165, 1.54) is 5.56 Å². The molecule has 2 aromatic rings. The van der Waals surface area contributed by atoms with Gasteiger partial charge >= 0.3 is 0 Å². The number of halogens is 2. The van der Waals surface area contributed by atoms with E-state index in [2.05, 4.69) is 11.4 Å². The first-order chi connectivity index (χ1) is 10.2. The number of hydrogen-bond acceptors (Lipinski definition) is 1. The van der Waals surface area contributed by atoms with Crippen molar-refractivity contribution in [1.82, 2.24) is 5.32 Å². The van der Waals surface area contributed by atoms with E-state index in [0.29, 0.717) is 16.5 Å². The van der Waals surface area contributed by atoms with Crippen LogP contribution in [0.3, 0.4) is 0 Å². The molecule has 4 heteroatoms. The number of rotatable bonds is 3. The van der Waals surface area contributed by atoms with Gasteiger partial charge in [0, 0.05) is 17.2 Å². The molecule has 0 bridgehead atoms. The highest BCUT2D eigenvalue weighted by Gasteiger charge is 2.22. The Kier molecular flexibility index (Phi) is 4.00. The van der Waals surface area contributed by atoms with Crippen LogP contribution in [0.5, 0.6) is 0 Å². The van der Waals surface area contributed by atoms with Crippen molar-refractivity contribution in [3.05, 3.63) is 75.3 Å². The van der Waals surface area contributed by atoms with E-state index in [9.17, 15) is 4.79 Å². The molecule has 0 aromatic heterocycles. The average Bonchev–Trinajstić information content (AvgIpc) is 2.51. The highest BCUT2D eigenvalue weighted by atomic mass is 35.5. The van der Waals surface area contributed by atoms with Gasteiger partial charge in [0.15, 0.2) is 0 Å². The number of fused-ring (bicyclic) bond motifs is 1. The van der Waals surface area contributed by atoms with E-state index in [4.69, 9.17) is 23.2 Å². The van der Waals surface area contributed by atoms with Crippen molar-refractivity contribution in [2.45, 2.75) is 12.3 Å². The van der Waals surface area contributed by atoms with E-state index in [-0.39, 0.29) is 5.92 Å². The van der Waals surface area contributed by atoms with Gasteiger partial charge in [-0.05, 0) is 29.7 Å². The minimum Gasteiger partial charge on any atom is -0.328 e. The van der Waals surface area contributed by atoms with Crippen LogP contribution in [0.25, 0.3) is 5.70 Å². The molecule has 1 aliphatic carbocycles. The van der Waals surface area contributed by atoms with Crippen molar-refractivity contribution in [3.8, 4) is 0 Å². The third-order valence-corrected chi connectivity index (χ3v) is 4.48. The van der Waals surface area contributed by atoms with Crippen molar-refractivity contribution < 1.29 is 4.79 Å².